The number of aliphatic hydroxyl groups is 1. The molecule has 4 heterocycles. The zero-order chi connectivity index (χ0) is 17.9. The predicted octanol–water partition coefficient (Wildman–Crippen LogP) is -1.23. The fourth-order valence-corrected chi connectivity index (χ4v) is 3.40. The second kappa shape index (κ2) is 7.70. The maximum Gasteiger partial charge on any atom is 0.205 e. The van der Waals surface area contributed by atoms with E-state index in [1.54, 1.807) is 6.33 Å². The molecule has 2 aromatic heterocycles. The summed E-state index contributed by atoms with van der Waals surface area (Å²) in [7, 11) is 0. The molecule has 4 rings (SSSR count). The van der Waals surface area contributed by atoms with E-state index in [9.17, 15) is 5.11 Å². The Labute approximate surface area is 150 Å². The number of imidazole rings is 1. The molecule has 2 aliphatic rings. The summed E-state index contributed by atoms with van der Waals surface area (Å²) in [6, 6.07) is 0. The van der Waals surface area contributed by atoms with E-state index in [1.165, 1.54) is 0 Å². The highest BCUT2D eigenvalue weighted by Crippen LogP contribution is 2.16. The van der Waals surface area contributed by atoms with Crippen molar-refractivity contribution in [2.24, 2.45) is 0 Å². The highest BCUT2D eigenvalue weighted by Gasteiger charge is 2.19. The van der Waals surface area contributed by atoms with Crippen LogP contribution in [0.15, 0.2) is 6.33 Å². The van der Waals surface area contributed by atoms with Gasteiger partial charge in [0.05, 0.1) is 45.4 Å². The van der Waals surface area contributed by atoms with Gasteiger partial charge in [-0.15, -0.1) is 0 Å². The molecule has 0 aliphatic carbocycles. The second-order valence-corrected chi connectivity index (χ2v) is 6.67. The Kier molecular flexibility index (Phi) is 5.16. The molecule has 2 aromatic rings. The van der Waals surface area contributed by atoms with Gasteiger partial charge in [-0.25, -0.2) is 4.98 Å². The van der Waals surface area contributed by atoms with E-state index in [-0.39, 0.29) is 5.49 Å². The largest absolute Gasteiger partial charge is 0.390 e. The molecular formula is C16H25N7O3. The Balaban J connectivity index is 1.53. The predicted molar refractivity (Wildman–Crippen MR) is 94.0 cm³/mol. The van der Waals surface area contributed by atoms with Crippen molar-refractivity contribution in [3.63, 3.8) is 0 Å². The van der Waals surface area contributed by atoms with Gasteiger partial charge in [-0.3, -0.25) is 10.3 Å². The molecule has 0 saturated carbocycles. The molecule has 0 unspecified atom stereocenters. The Bertz CT molecular complexity index is 793. The van der Waals surface area contributed by atoms with Crippen LogP contribution in [0.5, 0.6) is 0 Å². The van der Waals surface area contributed by atoms with Gasteiger partial charge in [-0.05, 0) is 0 Å². The molecule has 2 fully saturated rings. The molecule has 3 N–H and O–H groups in total. The van der Waals surface area contributed by atoms with Crippen LogP contribution in [0.1, 0.15) is 0 Å². The molecular weight excluding hydrogens is 338 g/mol. The Morgan fingerprint density at radius 1 is 1.12 bits per heavy atom. The number of anilines is 1. The van der Waals surface area contributed by atoms with Crippen LogP contribution < -0.4 is 10.4 Å². The normalized spacial score (nSPS) is 20.6. The van der Waals surface area contributed by atoms with E-state index < -0.39 is 6.10 Å². The maximum absolute atomic E-state index is 10.5. The minimum absolute atomic E-state index is 0.158. The number of aromatic nitrogens is 4. The minimum Gasteiger partial charge on any atom is -0.390 e. The molecule has 10 heteroatoms. The third-order valence-corrected chi connectivity index (χ3v) is 4.80. The number of β-amino-alcohol motifs (C(OH)–C–C–N with tert-alkyl or cyclic N) is 1. The quantitative estimate of drug-likeness (QED) is 0.609. The zero-order valence-electron chi connectivity index (χ0n) is 14.7. The van der Waals surface area contributed by atoms with Gasteiger partial charge in [0.15, 0.2) is 11.1 Å². The summed E-state index contributed by atoms with van der Waals surface area (Å²) in [5.74, 6) is 0.723. The summed E-state index contributed by atoms with van der Waals surface area (Å²) in [6.07, 6.45) is 1.04. The van der Waals surface area contributed by atoms with Crippen molar-refractivity contribution in [1.82, 2.24) is 24.4 Å². The Hall–Kier alpha value is -2.01. The van der Waals surface area contributed by atoms with E-state index in [0.29, 0.717) is 50.7 Å². The molecule has 1 atom stereocenters. The number of fused-ring (bicyclic) bond motifs is 1. The van der Waals surface area contributed by atoms with Crippen LogP contribution in [0.25, 0.3) is 11.2 Å². The average molecular weight is 363 g/mol. The van der Waals surface area contributed by atoms with Gasteiger partial charge in [-0.1, -0.05) is 0 Å². The molecule has 2 aliphatic heterocycles. The number of rotatable bonds is 5. The third-order valence-electron chi connectivity index (χ3n) is 4.80. The molecule has 0 aromatic carbocycles. The molecule has 2 saturated heterocycles. The van der Waals surface area contributed by atoms with Gasteiger partial charge in [0.2, 0.25) is 5.95 Å². The van der Waals surface area contributed by atoms with Crippen LogP contribution in [-0.4, -0.2) is 94.8 Å². The number of aromatic amines is 1. The molecule has 0 radical (unpaired) electrons. The van der Waals surface area contributed by atoms with Crippen molar-refractivity contribution in [3.05, 3.63) is 11.8 Å². The van der Waals surface area contributed by atoms with Crippen LogP contribution in [0.2, 0.25) is 0 Å². The second-order valence-electron chi connectivity index (χ2n) is 6.67. The Morgan fingerprint density at radius 3 is 2.54 bits per heavy atom. The summed E-state index contributed by atoms with van der Waals surface area (Å²) >= 11 is 0. The average Bonchev–Trinajstić information content (AvgIpc) is 3.12. The topological polar surface area (TPSA) is 116 Å². The van der Waals surface area contributed by atoms with Gasteiger partial charge in [0, 0.05) is 32.7 Å². The van der Waals surface area contributed by atoms with Crippen molar-refractivity contribution in [2.75, 3.05) is 64.1 Å². The highest BCUT2D eigenvalue weighted by atomic mass is 16.5. The molecule has 0 bridgehead atoms. The zero-order valence-corrected chi connectivity index (χ0v) is 14.7. The first-order valence-corrected chi connectivity index (χ1v) is 9.01. The summed E-state index contributed by atoms with van der Waals surface area (Å²) < 4.78 is 12.5. The number of ether oxygens (including phenoxy) is 2. The van der Waals surface area contributed by atoms with E-state index in [4.69, 9.17) is 14.9 Å². The van der Waals surface area contributed by atoms with Gasteiger partial charge in [0.25, 0.3) is 0 Å². The Morgan fingerprint density at radius 2 is 1.81 bits per heavy atom. The van der Waals surface area contributed by atoms with Crippen LogP contribution >= 0.6 is 0 Å². The van der Waals surface area contributed by atoms with Crippen molar-refractivity contribution in [3.8, 4) is 0 Å². The van der Waals surface area contributed by atoms with Crippen LogP contribution in [0.4, 0.5) is 5.95 Å². The lowest BCUT2D eigenvalue weighted by molar-refractivity contribution is 0.0116. The lowest BCUT2D eigenvalue weighted by atomic mass is 10.3. The van der Waals surface area contributed by atoms with E-state index >= 15 is 0 Å². The monoisotopic (exact) mass is 363 g/mol. The molecule has 0 amide bonds. The van der Waals surface area contributed by atoms with Crippen LogP contribution in [-0.2, 0) is 16.0 Å². The van der Waals surface area contributed by atoms with Crippen LogP contribution in [0, 0.1) is 5.41 Å². The number of nitrogens with one attached hydrogen (secondary N) is 2. The SMILES string of the molecule is N=c1ncn(C[C@@H](O)CN2CCOCC2)c2nc(N3CCOCC3)[nH]c12. The number of H-pyrrole nitrogens is 1. The molecule has 142 valence electrons. The number of hydrogen-bond acceptors (Lipinski definition) is 8. The first-order valence-electron chi connectivity index (χ1n) is 9.01. The van der Waals surface area contributed by atoms with E-state index in [2.05, 4.69) is 24.8 Å². The fraction of sp³-hybridized carbons (Fsp3) is 0.688. The lowest BCUT2D eigenvalue weighted by Gasteiger charge is -2.28. The maximum atomic E-state index is 10.5. The summed E-state index contributed by atoms with van der Waals surface area (Å²) in [5, 5.41) is 18.5. The minimum atomic E-state index is -0.539. The number of hydrogen-bond donors (Lipinski definition) is 3. The smallest absolute Gasteiger partial charge is 0.205 e. The number of aliphatic hydroxyl groups excluding tert-OH is 1. The van der Waals surface area contributed by atoms with Crippen LogP contribution in [0.3, 0.4) is 0 Å². The van der Waals surface area contributed by atoms with Gasteiger partial charge in [-0.2, -0.15) is 4.98 Å². The molecule has 10 nitrogen and oxygen atoms in total. The van der Waals surface area contributed by atoms with E-state index in [0.717, 1.165) is 32.1 Å². The fourth-order valence-electron chi connectivity index (χ4n) is 3.40. The summed E-state index contributed by atoms with van der Waals surface area (Å²) in [4.78, 5) is 16.3. The van der Waals surface area contributed by atoms with Gasteiger partial charge >= 0.3 is 0 Å². The first-order chi connectivity index (χ1) is 12.7. The first kappa shape index (κ1) is 17.4. The van der Waals surface area contributed by atoms with Crippen molar-refractivity contribution < 1.29 is 14.6 Å². The number of morpholine rings is 2. The van der Waals surface area contributed by atoms with Gasteiger partial charge < -0.3 is 29.0 Å². The molecule has 26 heavy (non-hydrogen) atoms. The highest BCUT2D eigenvalue weighted by molar-refractivity contribution is 5.72. The summed E-state index contributed by atoms with van der Waals surface area (Å²) in [5.41, 5.74) is 1.39. The van der Waals surface area contributed by atoms with Crippen molar-refractivity contribution in [1.29, 1.82) is 5.41 Å². The van der Waals surface area contributed by atoms with Crippen molar-refractivity contribution in [2.45, 2.75) is 12.6 Å². The molecule has 0 spiro atoms. The lowest BCUT2D eigenvalue weighted by Crippen LogP contribution is -2.42. The third kappa shape index (κ3) is 3.73. The van der Waals surface area contributed by atoms with Crippen molar-refractivity contribution >= 4 is 17.1 Å². The van der Waals surface area contributed by atoms with E-state index in [1.807, 2.05) is 4.57 Å². The standard InChI is InChI=1S/C16H25N7O3/c17-14-13-15(20-16(19-13)22-3-7-26-8-4-22)23(11-18-14)10-12(24)9-21-1-5-25-6-2-21/h11-12,17,24H,1-10H2,(H,19,20)/t12-/m0/s1. The summed E-state index contributed by atoms with van der Waals surface area (Å²) in [6.45, 7) is 6.93. The number of nitrogens with zero attached hydrogens (tertiary/aromatic N) is 5. The van der Waals surface area contributed by atoms with Gasteiger partial charge in [0.1, 0.15) is 5.52 Å².